The Labute approximate surface area is 205 Å². The molecule has 2 amide bonds. The van der Waals surface area contributed by atoms with Gasteiger partial charge in [0, 0.05) is 26.3 Å². The first-order valence-corrected chi connectivity index (χ1v) is 11.7. The number of thiazole rings is 1. The molecule has 1 aliphatic rings. The predicted octanol–water partition coefficient (Wildman–Crippen LogP) is 2.66. The van der Waals surface area contributed by atoms with Crippen LogP contribution in [-0.4, -0.2) is 64.8 Å². The van der Waals surface area contributed by atoms with Gasteiger partial charge in [0.25, 0.3) is 5.91 Å². The molecule has 0 spiro atoms. The van der Waals surface area contributed by atoms with Crippen LogP contribution in [0, 0.1) is 11.8 Å². The normalized spacial score (nSPS) is 17.4. The van der Waals surface area contributed by atoms with E-state index in [4.69, 9.17) is 22.1 Å². The molecule has 2 atom stereocenters. The molecule has 0 bridgehead atoms. The van der Waals surface area contributed by atoms with Gasteiger partial charge in [0.05, 0.1) is 39.4 Å². The van der Waals surface area contributed by atoms with Gasteiger partial charge in [-0.1, -0.05) is 24.1 Å². The van der Waals surface area contributed by atoms with Crippen molar-refractivity contribution in [2.75, 3.05) is 32.6 Å². The monoisotopic (exact) mass is 498 g/mol. The molecule has 176 valence electrons. The number of nitrogens with one attached hydrogen (secondary N) is 1. The highest BCUT2D eigenvalue weighted by molar-refractivity contribution is 7.16. The lowest BCUT2D eigenvalue weighted by molar-refractivity contribution is -0.127. The van der Waals surface area contributed by atoms with Gasteiger partial charge in [-0.25, -0.2) is 9.67 Å². The molecule has 9 nitrogen and oxygen atoms in total. The third-order valence-corrected chi connectivity index (χ3v) is 6.79. The minimum atomic E-state index is -0.661. The lowest BCUT2D eigenvalue weighted by Gasteiger charge is -2.22. The third-order valence-electron chi connectivity index (χ3n) is 5.68. The van der Waals surface area contributed by atoms with Crippen LogP contribution in [0.15, 0.2) is 30.3 Å². The Balaban J connectivity index is 1.75. The number of nitrogens with two attached hydrogens (primary N) is 1. The van der Waals surface area contributed by atoms with E-state index in [-0.39, 0.29) is 29.2 Å². The molecular formula is C23H23ClN6O3S. The van der Waals surface area contributed by atoms with Crippen LogP contribution in [0.5, 0.6) is 0 Å². The number of hydrogen-bond acceptors (Lipinski definition) is 7. The number of anilines is 1. The van der Waals surface area contributed by atoms with Crippen LogP contribution in [0.3, 0.4) is 0 Å². The topological polar surface area (TPSA) is 115 Å². The Kier molecular flexibility index (Phi) is 6.88. The van der Waals surface area contributed by atoms with Crippen molar-refractivity contribution in [1.82, 2.24) is 19.7 Å². The highest BCUT2D eigenvalue weighted by Gasteiger charge is 2.37. The van der Waals surface area contributed by atoms with Gasteiger partial charge >= 0.3 is 0 Å². The highest BCUT2D eigenvalue weighted by atomic mass is 35.5. The molecule has 11 heteroatoms. The van der Waals surface area contributed by atoms with E-state index in [9.17, 15) is 9.59 Å². The number of nitrogens with zero attached hydrogens (tertiary/aromatic N) is 4. The molecule has 1 saturated heterocycles. The maximum Gasteiger partial charge on any atom is 0.255 e. The van der Waals surface area contributed by atoms with E-state index in [0.717, 1.165) is 10.2 Å². The molecule has 3 aromatic rings. The zero-order valence-electron chi connectivity index (χ0n) is 18.7. The minimum absolute atomic E-state index is 0.149. The largest absolute Gasteiger partial charge is 0.383 e. The fourth-order valence-corrected chi connectivity index (χ4v) is 5.14. The summed E-state index contributed by atoms with van der Waals surface area (Å²) >= 11 is 7.88. The number of primary amides is 1. The van der Waals surface area contributed by atoms with Crippen LogP contribution in [0.2, 0.25) is 5.02 Å². The van der Waals surface area contributed by atoms with Gasteiger partial charge in [-0.05, 0) is 30.6 Å². The molecule has 0 aliphatic carbocycles. The summed E-state index contributed by atoms with van der Waals surface area (Å²) in [4.78, 5) is 30.7. The number of carbonyl (C=O) groups is 2. The van der Waals surface area contributed by atoms with Crippen molar-refractivity contribution in [2.45, 2.75) is 18.5 Å². The zero-order valence-corrected chi connectivity index (χ0v) is 20.2. The predicted molar refractivity (Wildman–Crippen MR) is 132 cm³/mol. The van der Waals surface area contributed by atoms with Crippen LogP contribution < -0.4 is 11.1 Å². The fourth-order valence-electron chi connectivity index (χ4n) is 4.17. The van der Waals surface area contributed by atoms with E-state index >= 15 is 0 Å². The summed E-state index contributed by atoms with van der Waals surface area (Å²) in [5.74, 6) is 5.54. The quantitative estimate of drug-likeness (QED) is 0.399. The van der Waals surface area contributed by atoms with Crippen LogP contribution in [0.25, 0.3) is 10.2 Å². The summed E-state index contributed by atoms with van der Waals surface area (Å²) < 4.78 is 7.93. The van der Waals surface area contributed by atoms with Crippen molar-refractivity contribution in [2.24, 2.45) is 5.73 Å². The van der Waals surface area contributed by atoms with Crippen LogP contribution in [0.4, 0.5) is 5.82 Å². The Hall–Kier alpha value is -3.39. The average Bonchev–Trinajstić information content (AvgIpc) is 3.53. The third kappa shape index (κ3) is 4.37. The molecule has 1 aromatic carbocycles. The molecule has 0 radical (unpaired) electrons. The van der Waals surface area contributed by atoms with E-state index in [1.807, 2.05) is 6.07 Å². The molecule has 2 aromatic heterocycles. The van der Waals surface area contributed by atoms with Crippen LogP contribution in [-0.2, 0) is 9.53 Å². The highest BCUT2D eigenvalue weighted by Crippen LogP contribution is 2.32. The summed E-state index contributed by atoms with van der Waals surface area (Å²) in [5, 5.41) is 8.12. The summed E-state index contributed by atoms with van der Waals surface area (Å²) in [6.07, 6.45) is 1.86. The molecule has 0 unspecified atom stereocenters. The number of aromatic nitrogens is 3. The molecular weight excluding hydrogens is 476 g/mol. The SMILES string of the molecule is C=CC(=O)N1C[C@@H](n2nc(C#Cc3cc4ncsc4cc3Cl)c(C(N)=O)c2NC)C[C@H]1COC. The van der Waals surface area contributed by atoms with Crippen molar-refractivity contribution in [3.63, 3.8) is 0 Å². The van der Waals surface area contributed by atoms with E-state index < -0.39 is 5.91 Å². The van der Waals surface area contributed by atoms with Gasteiger partial charge < -0.3 is 20.7 Å². The van der Waals surface area contributed by atoms with E-state index in [0.29, 0.717) is 36.0 Å². The number of rotatable bonds is 6. The average molecular weight is 499 g/mol. The second-order valence-electron chi connectivity index (χ2n) is 7.73. The lowest BCUT2D eigenvalue weighted by Crippen LogP contribution is -2.37. The van der Waals surface area contributed by atoms with Gasteiger partial charge in [-0.15, -0.1) is 11.3 Å². The number of halogens is 1. The number of ether oxygens (including phenoxy) is 1. The van der Waals surface area contributed by atoms with Crippen molar-refractivity contribution in [3.05, 3.63) is 52.1 Å². The minimum Gasteiger partial charge on any atom is -0.383 e. The van der Waals surface area contributed by atoms with Gasteiger partial charge in [-0.2, -0.15) is 5.10 Å². The number of fused-ring (bicyclic) bond motifs is 1. The van der Waals surface area contributed by atoms with Crippen LogP contribution >= 0.6 is 22.9 Å². The first-order chi connectivity index (χ1) is 16.4. The number of likely N-dealkylation sites (tertiary alicyclic amines) is 1. The lowest BCUT2D eigenvalue weighted by atomic mass is 10.1. The van der Waals surface area contributed by atoms with Crippen molar-refractivity contribution >= 4 is 50.8 Å². The molecule has 3 heterocycles. The Morgan fingerprint density at radius 2 is 2.24 bits per heavy atom. The number of carbonyl (C=O) groups excluding carboxylic acids is 2. The number of benzene rings is 1. The molecule has 0 saturated carbocycles. The summed E-state index contributed by atoms with van der Waals surface area (Å²) in [6, 6.07) is 3.25. The Morgan fingerprint density at radius 1 is 1.44 bits per heavy atom. The summed E-state index contributed by atoms with van der Waals surface area (Å²) in [7, 11) is 3.27. The standard InChI is InChI=1S/C23H23ClN6O3S/c1-4-20(31)29-10-14(8-15(29)11-33-3)30-23(26-2)21(22(25)32)17(28-30)6-5-13-7-18-19(9-16(13)24)34-12-27-18/h4,7,9,12,14-15,26H,1,8,10-11H2,2-3H3,(H2,25,32)/t14-,15-/m0/s1. The second-order valence-corrected chi connectivity index (χ2v) is 9.02. The molecule has 34 heavy (non-hydrogen) atoms. The Bertz CT molecular complexity index is 1340. The second kappa shape index (κ2) is 9.85. The van der Waals surface area contributed by atoms with Gasteiger partial charge in [0.15, 0.2) is 5.69 Å². The summed E-state index contributed by atoms with van der Waals surface area (Å²) in [5.41, 5.74) is 9.20. The van der Waals surface area contributed by atoms with Crippen molar-refractivity contribution in [1.29, 1.82) is 0 Å². The first-order valence-electron chi connectivity index (χ1n) is 10.4. The van der Waals surface area contributed by atoms with Gasteiger partial charge in [-0.3, -0.25) is 9.59 Å². The molecule has 1 fully saturated rings. The van der Waals surface area contributed by atoms with Crippen molar-refractivity contribution < 1.29 is 14.3 Å². The van der Waals surface area contributed by atoms with E-state index in [1.165, 1.54) is 17.4 Å². The number of methoxy groups -OCH3 is 1. The maximum absolute atomic E-state index is 12.4. The van der Waals surface area contributed by atoms with Gasteiger partial charge in [0.2, 0.25) is 5.91 Å². The van der Waals surface area contributed by atoms with E-state index in [1.54, 1.807) is 35.3 Å². The maximum atomic E-state index is 12.4. The van der Waals surface area contributed by atoms with Crippen molar-refractivity contribution in [3.8, 4) is 11.8 Å². The molecule has 1 aliphatic heterocycles. The van der Waals surface area contributed by atoms with Gasteiger partial charge in [0.1, 0.15) is 11.4 Å². The molecule has 3 N–H and O–H groups in total. The summed E-state index contributed by atoms with van der Waals surface area (Å²) in [6.45, 7) is 4.34. The van der Waals surface area contributed by atoms with E-state index in [2.05, 4.69) is 33.8 Å². The fraction of sp³-hybridized carbons (Fsp3) is 0.304. The zero-order chi connectivity index (χ0) is 24.4. The smallest absolute Gasteiger partial charge is 0.255 e. The Morgan fingerprint density at radius 3 is 2.91 bits per heavy atom. The first kappa shape index (κ1) is 23.8. The molecule has 4 rings (SSSR count). The number of amides is 2. The van der Waals surface area contributed by atoms with Crippen LogP contribution in [0.1, 0.15) is 34.1 Å². The number of hydrogen-bond donors (Lipinski definition) is 2.